The van der Waals surface area contributed by atoms with Crippen molar-refractivity contribution in [2.45, 2.75) is 38.8 Å². The van der Waals surface area contributed by atoms with E-state index < -0.39 is 0 Å². The summed E-state index contributed by atoms with van der Waals surface area (Å²) in [5, 5.41) is 5.62. The number of amides is 1. The molecule has 4 nitrogen and oxygen atoms in total. The molecule has 1 amide bonds. The van der Waals surface area contributed by atoms with Gasteiger partial charge in [0.2, 0.25) is 0 Å². The number of nitrogens with zero attached hydrogens (tertiary/aromatic N) is 1. The molecule has 1 aromatic heterocycles. The van der Waals surface area contributed by atoms with Crippen LogP contribution in [-0.2, 0) is 0 Å². The SMILES string of the molecule is CCCC(NC(=O)c1csc(C(C)N)n1)c1ccccc1. The van der Waals surface area contributed by atoms with Gasteiger partial charge in [0.05, 0.1) is 12.1 Å². The van der Waals surface area contributed by atoms with Crippen molar-refractivity contribution in [2.24, 2.45) is 5.73 Å². The molecule has 3 N–H and O–H groups in total. The van der Waals surface area contributed by atoms with Crippen LogP contribution in [0.25, 0.3) is 0 Å². The zero-order valence-corrected chi connectivity index (χ0v) is 13.2. The first-order valence-corrected chi connectivity index (χ1v) is 8.06. The summed E-state index contributed by atoms with van der Waals surface area (Å²) in [7, 11) is 0. The van der Waals surface area contributed by atoms with E-state index in [-0.39, 0.29) is 18.0 Å². The lowest BCUT2D eigenvalue weighted by atomic mass is 10.0. The maximum absolute atomic E-state index is 12.3. The monoisotopic (exact) mass is 303 g/mol. The zero-order valence-electron chi connectivity index (χ0n) is 12.4. The number of rotatable bonds is 6. The van der Waals surface area contributed by atoms with Crippen molar-refractivity contribution in [3.63, 3.8) is 0 Å². The van der Waals surface area contributed by atoms with Crippen molar-refractivity contribution in [1.82, 2.24) is 10.3 Å². The molecular formula is C16H21N3OS. The minimum atomic E-state index is -0.142. The number of nitrogens with one attached hydrogen (secondary N) is 1. The van der Waals surface area contributed by atoms with Crippen LogP contribution >= 0.6 is 11.3 Å². The van der Waals surface area contributed by atoms with Crippen molar-refractivity contribution in [3.05, 3.63) is 52.0 Å². The van der Waals surface area contributed by atoms with Gasteiger partial charge in [-0.3, -0.25) is 4.79 Å². The molecule has 112 valence electrons. The van der Waals surface area contributed by atoms with Crippen LogP contribution < -0.4 is 11.1 Å². The quantitative estimate of drug-likeness (QED) is 0.859. The lowest BCUT2D eigenvalue weighted by molar-refractivity contribution is 0.0930. The Balaban J connectivity index is 2.11. The van der Waals surface area contributed by atoms with Gasteiger partial charge in [-0.25, -0.2) is 4.98 Å². The Morgan fingerprint density at radius 1 is 1.38 bits per heavy atom. The first-order valence-electron chi connectivity index (χ1n) is 7.18. The van der Waals surface area contributed by atoms with Gasteiger partial charge in [-0.2, -0.15) is 0 Å². The molecule has 0 aliphatic rings. The molecule has 0 bridgehead atoms. The first-order chi connectivity index (χ1) is 10.1. The van der Waals surface area contributed by atoms with Gasteiger partial charge in [-0.1, -0.05) is 43.7 Å². The highest BCUT2D eigenvalue weighted by Gasteiger charge is 2.17. The summed E-state index contributed by atoms with van der Waals surface area (Å²) in [6.45, 7) is 3.98. The second-order valence-electron chi connectivity index (χ2n) is 5.09. The maximum atomic E-state index is 12.3. The van der Waals surface area contributed by atoms with E-state index >= 15 is 0 Å². The first kappa shape index (κ1) is 15.7. The van der Waals surface area contributed by atoms with Gasteiger partial charge < -0.3 is 11.1 Å². The molecule has 2 atom stereocenters. The Hall–Kier alpha value is -1.72. The van der Waals surface area contributed by atoms with Crippen LogP contribution in [0.5, 0.6) is 0 Å². The third-order valence-electron chi connectivity index (χ3n) is 3.23. The summed E-state index contributed by atoms with van der Waals surface area (Å²) < 4.78 is 0. The van der Waals surface area contributed by atoms with Gasteiger partial charge in [0.1, 0.15) is 10.7 Å². The van der Waals surface area contributed by atoms with Gasteiger partial charge in [0.15, 0.2) is 0 Å². The van der Waals surface area contributed by atoms with Gasteiger partial charge in [0, 0.05) is 5.38 Å². The molecule has 0 aliphatic carbocycles. The largest absolute Gasteiger partial charge is 0.344 e. The number of hydrogen-bond acceptors (Lipinski definition) is 4. The summed E-state index contributed by atoms with van der Waals surface area (Å²) in [6, 6.07) is 9.90. The van der Waals surface area contributed by atoms with Crippen LogP contribution in [0.4, 0.5) is 0 Å². The third-order valence-corrected chi connectivity index (χ3v) is 4.27. The molecule has 0 spiro atoms. The number of thiazole rings is 1. The van der Waals surface area contributed by atoms with Crippen LogP contribution in [0, 0.1) is 0 Å². The molecular weight excluding hydrogens is 282 g/mol. The summed E-state index contributed by atoms with van der Waals surface area (Å²) in [5.41, 5.74) is 7.35. The summed E-state index contributed by atoms with van der Waals surface area (Å²) >= 11 is 1.43. The van der Waals surface area contributed by atoms with E-state index in [9.17, 15) is 4.79 Å². The third kappa shape index (κ3) is 4.12. The van der Waals surface area contributed by atoms with E-state index in [1.54, 1.807) is 5.38 Å². The Morgan fingerprint density at radius 2 is 2.10 bits per heavy atom. The highest BCUT2D eigenvalue weighted by Crippen LogP contribution is 2.20. The number of carbonyl (C=O) groups is 1. The zero-order chi connectivity index (χ0) is 15.2. The molecule has 21 heavy (non-hydrogen) atoms. The molecule has 0 fully saturated rings. The smallest absolute Gasteiger partial charge is 0.271 e. The topological polar surface area (TPSA) is 68.0 Å². The predicted octanol–water partition coefficient (Wildman–Crippen LogP) is 3.43. The van der Waals surface area contributed by atoms with Crippen LogP contribution in [0.3, 0.4) is 0 Å². The van der Waals surface area contributed by atoms with E-state index in [2.05, 4.69) is 17.2 Å². The van der Waals surface area contributed by atoms with Gasteiger partial charge >= 0.3 is 0 Å². The van der Waals surface area contributed by atoms with Crippen molar-refractivity contribution in [3.8, 4) is 0 Å². The molecule has 1 aromatic carbocycles. The van der Waals surface area contributed by atoms with Crippen molar-refractivity contribution in [1.29, 1.82) is 0 Å². The standard InChI is InChI=1S/C16H21N3OS/c1-3-7-13(12-8-5-4-6-9-12)18-15(20)14-10-21-16(19-14)11(2)17/h4-6,8-11,13H,3,7,17H2,1-2H3,(H,18,20). The molecule has 2 aromatic rings. The normalized spacial score (nSPS) is 13.7. The number of carbonyl (C=O) groups excluding carboxylic acids is 1. The lowest BCUT2D eigenvalue weighted by Crippen LogP contribution is -2.28. The van der Waals surface area contributed by atoms with Crippen LogP contribution in [0.15, 0.2) is 35.7 Å². The lowest BCUT2D eigenvalue weighted by Gasteiger charge is -2.18. The van der Waals surface area contributed by atoms with Gasteiger partial charge in [-0.05, 0) is 18.9 Å². The van der Waals surface area contributed by atoms with Crippen molar-refractivity contribution >= 4 is 17.2 Å². The Kier molecular flexibility index (Phi) is 5.47. The van der Waals surface area contributed by atoms with Gasteiger partial charge in [-0.15, -0.1) is 11.3 Å². The molecule has 1 heterocycles. The molecule has 0 radical (unpaired) electrons. The number of nitrogens with two attached hydrogens (primary N) is 1. The number of hydrogen-bond donors (Lipinski definition) is 2. The fourth-order valence-corrected chi connectivity index (χ4v) is 2.89. The average Bonchev–Trinajstić information content (AvgIpc) is 2.98. The fourth-order valence-electron chi connectivity index (χ4n) is 2.13. The van der Waals surface area contributed by atoms with E-state index in [1.165, 1.54) is 11.3 Å². The maximum Gasteiger partial charge on any atom is 0.271 e. The van der Waals surface area contributed by atoms with E-state index in [0.717, 1.165) is 23.4 Å². The predicted molar refractivity (Wildman–Crippen MR) is 86.3 cm³/mol. The Bertz CT molecular complexity index is 580. The molecule has 2 rings (SSSR count). The fraction of sp³-hybridized carbons (Fsp3) is 0.375. The van der Waals surface area contributed by atoms with Gasteiger partial charge in [0.25, 0.3) is 5.91 Å². The van der Waals surface area contributed by atoms with Crippen molar-refractivity contribution in [2.75, 3.05) is 0 Å². The van der Waals surface area contributed by atoms with Crippen LogP contribution in [0.1, 0.15) is 59.8 Å². The second kappa shape index (κ2) is 7.33. The molecule has 5 heteroatoms. The molecule has 2 unspecified atom stereocenters. The summed E-state index contributed by atoms with van der Waals surface area (Å²) in [4.78, 5) is 16.6. The molecule has 0 saturated carbocycles. The average molecular weight is 303 g/mol. The van der Waals surface area contributed by atoms with Crippen LogP contribution in [0.2, 0.25) is 0 Å². The minimum absolute atomic E-state index is 0.0177. The minimum Gasteiger partial charge on any atom is -0.344 e. The van der Waals surface area contributed by atoms with Crippen LogP contribution in [-0.4, -0.2) is 10.9 Å². The highest BCUT2D eigenvalue weighted by atomic mass is 32.1. The molecule has 0 saturated heterocycles. The van der Waals surface area contributed by atoms with E-state index in [0.29, 0.717) is 5.69 Å². The number of aromatic nitrogens is 1. The van der Waals surface area contributed by atoms with E-state index in [1.807, 2.05) is 37.3 Å². The Labute approximate surface area is 129 Å². The molecule has 0 aliphatic heterocycles. The van der Waals surface area contributed by atoms with Crippen molar-refractivity contribution < 1.29 is 4.79 Å². The summed E-state index contributed by atoms with van der Waals surface area (Å²) in [6.07, 6.45) is 1.90. The highest BCUT2D eigenvalue weighted by molar-refractivity contribution is 7.09. The van der Waals surface area contributed by atoms with E-state index in [4.69, 9.17) is 5.73 Å². The second-order valence-corrected chi connectivity index (χ2v) is 5.97. The number of benzene rings is 1. The summed E-state index contributed by atoms with van der Waals surface area (Å²) in [5.74, 6) is -0.138. The Morgan fingerprint density at radius 3 is 2.67 bits per heavy atom.